The van der Waals surface area contributed by atoms with Crippen molar-refractivity contribution in [2.75, 3.05) is 12.4 Å². The smallest absolute Gasteiger partial charge is 0.328 e. The van der Waals surface area contributed by atoms with Gasteiger partial charge in [0.05, 0.1) is 18.8 Å². The molecule has 0 radical (unpaired) electrons. The molecule has 0 aliphatic rings. The van der Waals surface area contributed by atoms with Crippen molar-refractivity contribution < 1.29 is 34.5 Å². The Morgan fingerprint density at radius 3 is 2.06 bits per heavy atom. The molecule has 0 aliphatic heterocycles. The van der Waals surface area contributed by atoms with E-state index < -0.39 is 60.6 Å². The molecule has 1 aromatic rings. The van der Waals surface area contributed by atoms with E-state index in [0.29, 0.717) is 5.56 Å². The number of aliphatic hydroxyl groups excluding tert-OH is 2. The maximum Gasteiger partial charge on any atom is 0.328 e. The lowest BCUT2D eigenvalue weighted by Crippen LogP contribution is -2.60. The Morgan fingerprint density at radius 1 is 1.00 bits per heavy atom. The molecule has 1 rings (SSSR count). The third kappa shape index (κ3) is 8.53. The minimum absolute atomic E-state index is 0.0436. The lowest BCUT2D eigenvalue weighted by atomic mass is 10.0. The minimum atomic E-state index is -1.61. The number of carboxylic acids is 1. The molecule has 1 aromatic carbocycles. The number of carbonyl (C=O) groups excluding carboxylic acids is 3. The number of hydrogen-bond acceptors (Lipinski definition) is 8. The van der Waals surface area contributed by atoms with Crippen LogP contribution in [0.2, 0.25) is 0 Å². The Labute approximate surface area is 184 Å². The van der Waals surface area contributed by atoms with Gasteiger partial charge in [0.25, 0.3) is 0 Å². The summed E-state index contributed by atoms with van der Waals surface area (Å²) in [5, 5.41) is 34.8. The molecule has 11 nitrogen and oxygen atoms in total. The van der Waals surface area contributed by atoms with E-state index in [1.165, 1.54) is 6.92 Å². The van der Waals surface area contributed by atoms with Crippen molar-refractivity contribution in [3.05, 3.63) is 35.9 Å². The van der Waals surface area contributed by atoms with E-state index in [4.69, 9.17) is 15.9 Å². The number of rotatable bonds is 12. The molecule has 0 spiro atoms. The number of carbonyl (C=O) groups is 4. The summed E-state index contributed by atoms with van der Waals surface area (Å²) in [5.41, 5.74) is 6.37. The summed E-state index contributed by atoms with van der Waals surface area (Å²) in [6.45, 7) is 0.344. The van der Waals surface area contributed by atoms with Crippen molar-refractivity contribution >= 4 is 36.3 Å². The van der Waals surface area contributed by atoms with Gasteiger partial charge in [-0.1, -0.05) is 30.3 Å². The SMILES string of the molecule is CC(O)C(NC(=O)C(Cc1ccccc1)NC(=O)C(N)CS)C(=O)NC(CO)C(=O)O. The molecular formula is C19H28N4O7S. The largest absolute Gasteiger partial charge is 0.480 e. The molecular weight excluding hydrogens is 428 g/mol. The zero-order chi connectivity index (χ0) is 23.6. The van der Waals surface area contributed by atoms with Gasteiger partial charge in [0, 0.05) is 12.2 Å². The van der Waals surface area contributed by atoms with Crippen LogP contribution in [-0.2, 0) is 25.6 Å². The Morgan fingerprint density at radius 2 is 1.58 bits per heavy atom. The van der Waals surface area contributed by atoms with Gasteiger partial charge in [-0.3, -0.25) is 14.4 Å². The van der Waals surface area contributed by atoms with Gasteiger partial charge in [0.1, 0.15) is 18.1 Å². The average Bonchev–Trinajstić information content (AvgIpc) is 2.74. The zero-order valence-corrected chi connectivity index (χ0v) is 17.8. The Kier molecular flexibility index (Phi) is 11.0. The van der Waals surface area contributed by atoms with Crippen LogP contribution in [0.15, 0.2) is 30.3 Å². The van der Waals surface area contributed by atoms with Crippen molar-refractivity contribution in [3.63, 3.8) is 0 Å². The zero-order valence-electron chi connectivity index (χ0n) is 16.9. The number of aliphatic hydroxyl groups is 2. The summed E-state index contributed by atoms with van der Waals surface area (Å²) in [6.07, 6.45) is -1.33. The average molecular weight is 457 g/mol. The molecule has 172 valence electrons. The third-order valence-corrected chi connectivity index (χ3v) is 4.70. The predicted molar refractivity (Wildman–Crippen MR) is 114 cm³/mol. The summed E-state index contributed by atoms with van der Waals surface area (Å²) in [6, 6.07) is 3.51. The van der Waals surface area contributed by atoms with Crippen molar-refractivity contribution in [2.45, 2.75) is 43.6 Å². The number of amides is 3. The molecule has 0 saturated carbocycles. The lowest BCUT2D eigenvalue weighted by molar-refractivity contribution is -0.144. The van der Waals surface area contributed by atoms with E-state index in [1.807, 2.05) is 5.32 Å². The van der Waals surface area contributed by atoms with Gasteiger partial charge >= 0.3 is 5.97 Å². The van der Waals surface area contributed by atoms with E-state index in [0.717, 1.165) is 0 Å². The molecule has 0 bridgehead atoms. The highest BCUT2D eigenvalue weighted by Gasteiger charge is 2.32. The monoisotopic (exact) mass is 456 g/mol. The summed E-state index contributed by atoms with van der Waals surface area (Å²) >= 11 is 3.95. The molecule has 5 atom stereocenters. The number of carboxylic acid groups (broad SMARTS) is 1. The first-order valence-corrected chi connectivity index (χ1v) is 10.1. The number of benzene rings is 1. The highest BCUT2D eigenvalue weighted by Crippen LogP contribution is 2.06. The van der Waals surface area contributed by atoms with Gasteiger partial charge in [-0.2, -0.15) is 12.6 Å². The fourth-order valence-electron chi connectivity index (χ4n) is 2.53. The number of nitrogens with two attached hydrogens (primary N) is 1. The standard InChI is InChI=1S/C19H28N4O7S/c1-10(25)15(18(28)22-14(8-24)19(29)30)23-17(27)13(21-16(26)12(20)9-31)7-11-5-3-2-4-6-11/h2-6,10,12-15,24-25,31H,7-9,20H2,1H3,(H,21,26)(H,22,28)(H,23,27)(H,29,30). The highest BCUT2D eigenvalue weighted by molar-refractivity contribution is 7.80. The number of thiol groups is 1. The number of aliphatic carboxylic acids is 1. The number of hydrogen-bond donors (Lipinski definition) is 8. The molecule has 5 unspecified atom stereocenters. The quantitative estimate of drug-likeness (QED) is 0.157. The van der Waals surface area contributed by atoms with Crippen LogP contribution in [0.1, 0.15) is 12.5 Å². The van der Waals surface area contributed by atoms with Crippen LogP contribution in [0.3, 0.4) is 0 Å². The first-order valence-electron chi connectivity index (χ1n) is 9.43. The van der Waals surface area contributed by atoms with Crippen LogP contribution >= 0.6 is 12.6 Å². The molecule has 0 heterocycles. The minimum Gasteiger partial charge on any atom is -0.480 e. The Bertz CT molecular complexity index is 763. The first kappa shape index (κ1) is 26.4. The van der Waals surface area contributed by atoms with Crippen LogP contribution in [-0.4, -0.2) is 81.6 Å². The van der Waals surface area contributed by atoms with Gasteiger partial charge in [-0.25, -0.2) is 4.79 Å². The van der Waals surface area contributed by atoms with Crippen LogP contribution in [0.5, 0.6) is 0 Å². The van der Waals surface area contributed by atoms with Gasteiger partial charge in [-0.05, 0) is 12.5 Å². The van der Waals surface area contributed by atoms with Gasteiger partial charge in [0.15, 0.2) is 0 Å². The summed E-state index contributed by atoms with van der Waals surface area (Å²) in [7, 11) is 0. The molecule has 0 saturated heterocycles. The van der Waals surface area contributed by atoms with E-state index in [9.17, 15) is 24.3 Å². The third-order valence-electron chi connectivity index (χ3n) is 4.31. The first-order chi connectivity index (χ1) is 14.6. The van der Waals surface area contributed by atoms with Crippen LogP contribution in [0.25, 0.3) is 0 Å². The van der Waals surface area contributed by atoms with Crippen molar-refractivity contribution in [1.29, 1.82) is 0 Å². The van der Waals surface area contributed by atoms with Crippen molar-refractivity contribution in [3.8, 4) is 0 Å². The van der Waals surface area contributed by atoms with Crippen LogP contribution < -0.4 is 21.7 Å². The molecule has 3 amide bonds. The fourth-order valence-corrected chi connectivity index (χ4v) is 2.69. The fraction of sp³-hybridized carbons (Fsp3) is 0.474. The second-order valence-electron chi connectivity index (χ2n) is 6.85. The topological polar surface area (TPSA) is 191 Å². The highest BCUT2D eigenvalue weighted by atomic mass is 32.1. The van der Waals surface area contributed by atoms with Gasteiger partial charge in [0.2, 0.25) is 17.7 Å². The van der Waals surface area contributed by atoms with Crippen LogP contribution in [0.4, 0.5) is 0 Å². The summed E-state index contributed by atoms with van der Waals surface area (Å²) in [4.78, 5) is 48.5. The van der Waals surface area contributed by atoms with Gasteiger partial charge < -0.3 is 37.0 Å². The number of nitrogens with one attached hydrogen (secondary N) is 3. The molecule has 12 heteroatoms. The second kappa shape index (κ2) is 12.9. The van der Waals surface area contributed by atoms with E-state index in [1.54, 1.807) is 30.3 Å². The van der Waals surface area contributed by atoms with E-state index >= 15 is 0 Å². The normalized spacial score (nSPS) is 15.6. The maximum absolute atomic E-state index is 12.9. The molecule has 8 N–H and O–H groups in total. The molecule has 0 fully saturated rings. The molecule has 0 aromatic heterocycles. The summed E-state index contributed by atoms with van der Waals surface area (Å²) < 4.78 is 0. The van der Waals surface area contributed by atoms with Crippen molar-refractivity contribution in [2.24, 2.45) is 5.73 Å². The van der Waals surface area contributed by atoms with Gasteiger partial charge in [-0.15, -0.1) is 0 Å². The predicted octanol–water partition coefficient (Wildman–Crippen LogP) is -2.60. The molecule has 31 heavy (non-hydrogen) atoms. The van der Waals surface area contributed by atoms with E-state index in [2.05, 4.69) is 23.3 Å². The molecule has 0 aliphatic carbocycles. The lowest BCUT2D eigenvalue weighted by Gasteiger charge is -2.26. The summed E-state index contributed by atoms with van der Waals surface area (Å²) in [5.74, 6) is -3.87. The second-order valence-corrected chi connectivity index (χ2v) is 7.21. The van der Waals surface area contributed by atoms with Crippen molar-refractivity contribution in [1.82, 2.24) is 16.0 Å². The maximum atomic E-state index is 12.9. The Balaban J connectivity index is 3.02. The Hall–Kier alpha value is -2.67. The van der Waals surface area contributed by atoms with Crippen LogP contribution in [0, 0.1) is 0 Å². The van der Waals surface area contributed by atoms with E-state index in [-0.39, 0.29) is 12.2 Å².